The Morgan fingerprint density at radius 1 is 1.07 bits per heavy atom. The third-order valence-electron chi connectivity index (χ3n) is 4.18. The molecule has 1 aromatic carbocycles. The lowest BCUT2D eigenvalue weighted by atomic mass is 10.3. The van der Waals surface area contributed by atoms with E-state index < -0.39 is 24.7 Å². The molecule has 0 aliphatic carbocycles. The van der Waals surface area contributed by atoms with Crippen LogP contribution in [0, 0.1) is 0 Å². The van der Waals surface area contributed by atoms with Crippen LogP contribution in [-0.2, 0) is 4.79 Å². The summed E-state index contributed by atoms with van der Waals surface area (Å²) in [6, 6.07) is 8.23. The van der Waals surface area contributed by atoms with Gasteiger partial charge in [0.2, 0.25) is 11.9 Å². The summed E-state index contributed by atoms with van der Waals surface area (Å²) < 4.78 is 37.8. The molecule has 156 valence electrons. The number of aromatic nitrogens is 4. The number of tetrazole rings is 1. The molecule has 1 aliphatic rings. The summed E-state index contributed by atoms with van der Waals surface area (Å²) in [5.41, 5.74) is 0.819. The van der Waals surface area contributed by atoms with E-state index in [2.05, 4.69) is 15.5 Å². The first-order chi connectivity index (χ1) is 13.8. The lowest BCUT2D eigenvalue weighted by Crippen LogP contribution is -2.52. The molecule has 1 aliphatic heterocycles. The fourth-order valence-corrected chi connectivity index (χ4v) is 2.82. The maximum Gasteiger partial charge on any atom is 0.405 e. The molecule has 2 N–H and O–H groups in total. The van der Waals surface area contributed by atoms with Crippen LogP contribution < -0.4 is 15.5 Å². The zero-order valence-electron chi connectivity index (χ0n) is 15.3. The predicted octanol–water partition coefficient (Wildman–Crippen LogP) is 0.172. The average molecular weight is 412 g/mol. The zero-order chi connectivity index (χ0) is 20.9. The number of carbonyl (C=O) groups is 2. The molecule has 0 saturated carbocycles. The van der Waals surface area contributed by atoms with Crippen molar-refractivity contribution in [3.63, 3.8) is 0 Å². The number of carbonyl (C=O) groups excluding carboxylic acids is 2. The Balaban J connectivity index is 1.47. The number of hydrogen-bond acceptors (Lipinski definition) is 7. The zero-order valence-corrected chi connectivity index (χ0v) is 15.3. The van der Waals surface area contributed by atoms with E-state index in [0.717, 1.165) is 5.69 Å². The standard InChI is InChI=1S/C16H19F3N8O2/c17-16(18,19)11-20-14(29)21-13(28)10-25-6-8-26(9-7-25)15-22-23-24-27(15)12-4-2-1-3-5-12/h1-5H,6-11H2,(H2,20,21,28,29). The lowest BCUT2D eigenvalue weighted by Gasteiger charge is -2.34. The summed E-state index contributed by atoms with van der Waals surface area (Å²) in [4.78, 5) is 26.9. The molecule has 3 rings (SSSR count). The van der Waals surface area contributed by atoms with Crippen LogP contribution in [0.3, 0.4) is 0 Å². The van der Waals surface area contributed by atoms with Gasteiger partial charge in [-0.25, -0.2) is 4.79 Å². The average Bonchev–Trinajstić information content (AvgIpc) is 3.17. The van der Waals surface area contributed by atoms with Crippen molar-refractivity contribution in [2.75, 3.05) is 44.2 Å². The second-order valence-electron chi connectivity index (χ2n) is 6.34. The molecule has 0 unspecified atom stereocenters. The highest BCUT2D eigenvalue weighted by Gasteiger charge is 2.28. The summed E-state index contributed by atoms with van der Waals surface area (Å²) in [5, 5.41) is 15.3. The third-order valence-corrected chi connectivity index (χ3v) is 4.18. The van der Waals surface area contributed by atoms with E-state index in [1.54, 1.807) is 14.9 Å². The van der Waals surface area contributed by atoms with E-state index in [1.807, 2.05) is 40.5 Å². The molecule has 0 bridgehead atoms. The van der Waals surface area contributed by atoms with Crippen LogP contribution in [-0.4, -0.2) is 82.5 Å². The second kappa shape index (κ2) is 8.86. The lowest BCUT2D eigenvalue weighted by molar-refractivity contribution is -0.125. The topological polar surface area (TPSA) is 108 Å². The van der Waals surface area contributed by atoms with Gasteiger partial charge in [-0.2, -0.15) is 17.9 Å². The third kappa shape index (κ3) is 5.88. The van der Waals surface area contributed by atoms with Crippen LogP contribution in [0.4, 0.5) is 23.9 Å². The molecule has 1 fully saturated rings. The summed E-state index contributed by atoms with van der Waals surface area (Å²) in [7, 11) is 0. The molecule has 0 spiro atoms. The number of piperazine rings is 1. The van der Waals surface area contributed by atoms with Crippen LogP contribution in [0.1, 0.15) is 0 Å². The van der Waals surface area contributed by atoms with Gasteiger partial charge in [-0.3, -0.25) is 15.0 Å². The van der Waals surface area contributed by atoms with Crippen molar-refractivity contribution in [3.8, 4) is 5.69 Å². The Bertz CT molecular complexity index is 834. The first kappa shape index (κ1) is 20.5. The number of nitrogens with zero attached hydrogens (tertiary/aromatic N) is 6. The van der Waals surface area contributed by atoms with E-state index >= 15 is 0 Å². The quantitative estimate of drug-likeness (QED) is 0.721. The molecule has 3 amide bonds. The fourth-order valence-electron chi connectivity index (χ4n) is 2.82. The number of para-hydroxylation sites is 1. The Labute approximate surface area is 163 Å². The van der Waals surface area contributed by atoms with E-state index in [4.69, 9.17) is 0 Å². The summed E-state index contributed by atoms with van der Waals surface area (Å²) >= 11 is 0. The van der Waals surface area contributed by atoms with Gasteiger partial charge in [-0.05, 0) is 22.6 Å². The molecular weight excluding hydrogens is 393 g/mol. The minimum absolute atomic E-state index is 0.100. The van der Waals surface area contributed by atoms with Gasteiger partial charge in [0.25, 0.3) is 0 Å². The predicted molar refractivity (Wildman–Crippen MR) is 95.4 cm³/mol. The fraction of sp³-hybridized carbons (Fsp3) is 0.438. The number of rotatable bonds is 5. The number of anilines is 1. The Morgan fingerprint density at radius 3 is 2.41 bits per heavy atom. The smallest absolute Gasteiger partial charge is 0.337 e. The molecule has 2 heterocycles. The van der Waals surface area contributed by atoms with Gasteiger partial charge in [0.05, 0.1) is 12.2 Å². The second-order valence-corrected chi connectivity index (χ2v) is 6.34. The molecule has 0 radical (unpaired) electrons. The van der Waals surface area contributed by atoms with Crippen molar-refractivity contribution in [2.45, 2.75) is 6.18 Å². The van der Waals surface area contributed by atoms with Gasteiger partial charge in [0.1, 0.15) is 6.54 Å². The number of benzene rings is 1. The van der Waals surface area contributed by atoms with Crippen molar-refractivity contribution in [1.82, 2.24) is 35.7 Å². The summed E-state index contributed by atoms with van der Waals surface area (Å²) in [6.45, 7) is 0.484. The van der Waals surface area contributed by atoms with Crippen molar-refractivity contribution < 1.29 is 22.8 Å². The van der Waals surface area contributed by atoms with Crippen molar-refractivity contribution >= 4 is 17.9 Å². The minimum Gasteiger partial charge on any atom is -0.337 e. The van der Waals surface area contributed by atoms with Crippen molar-refractivity contribution in [2.24, 2.45) is 0 Å². The number of alkyl halides is 3. The molecule has 29 heavy (non-hydrogen) atoms. The van der Waals surface area contributed by atoms with E-state index in [9.17, 15) is 22.8 Å². The van der Waals surface area contributed by atoms with Crippen LogP contribution in [0.15, 0.2) is 30.3 Å². The van der Waals surface area contributed by atoms with Gasteiger partial charge in [0.15, 0.2) is 0 Å². The van der Waals surface area contributed by atoms with Gasteiger partial charge >= 0.3 is 12.2 Å². The van der Waals surface area contributed by atoms with E-state index in [1.165, 1.54) is 0 Å². The van der Waals surface area contributed by atoms with E-state index in [-0.39, 0.29) is 6.54 Å². The van der Waals surface area contributed by atoms with Gasteiger partial charge in [-0.15, -0.1) is 0 Å². The molecule has 13 heteroatoms. The first-order valence-electron chi connectivity index (χ1n) is 8.77. The monoisotopic (exact) mass is 412 g/mol. The molecule has 10 nitrogen and oxygen atoms in total. The van der Waals surface area contributed by atoms with Crippen LogP contribution in [0.5, 0.6) is 0 Å². The SMILES string of the molecule is O=C(CN1CCN(c2nnnn2-c2ccccc2)CC1)NC(=O)NCC(F)(F)F. The molecule has 0 atom stereocenters. The van der Waals surface area contributed by atoms with Gasteiger partial charge in [0, 0.05) is 26.2 Å². The van der Waals surface area contributed by atoms with Crippen LogP contribution in [0.2, 0.25) is 0 Å². The molecule has 1 saturated heterocycles. The van der Waals surface area contributed by atoms with Gasteiger partial charge in [-0.1, -0.05) is 23.3 Å². The highest BCUT2D eigenvalue weighted by molar-refractivity contribution is 5.95. The number of nitrogens with one attached hydrogen (secondary N) is 2. The normalized spacial score (nSPS) is 15.2. The number of urea groups is 1. The number of amides is 3. The highest BCUT2D eigenvalue weighted by atomic mass is 19.4. The number of hydrogen-bond donors (Lipinski definition) is 2. The first-order valence-corrected chi connectivity index (χ1v) is 8.77. The maximum absolute atomic E-state index is 12.1. The largest absolute Gasteiger partial charge is 0.405 e. The van der Waals surface area contributed by atoms with Crippen LogP contribution >= 0.6 is 0 Å². The molecule has 2 aromatic rings. The highest BCUT2D eigenvalue weighted by Crippen LogP contribution is 2.17. The summed E-state index contributed by atoms with van der Waals surface area (Å²) in [5.74, 6) is -0.0981. The Hall–Kier alpha value is -3.22. The van der Waals surface area contributed by atoms with Crippen molar-refractivity contribution in [1.29, 1.82) is 0 Å². The van der Waals surface area contributed by atoms with Crippen molar-refractivity contribution in [3.05, 3.63) is 30.3 Å². The Morgan fingerprint density at radius 2 is 1.76 bits per heavy atom. The molecule has 1 aromatic heterocycles. The number of halogens is 3. The summed E-state index contributed by atoms with van der Waals surface area (Å²) in [6.07, 6.45) is -4.54. The van der Waals surface area contributed by atoms with Crippen LogP contribution in [0.25, 0.3) is 5.69 Å². The molecular formula is C16H19F3N8O2. The van der Waals surface area contributed by atoms with E-state index in [0.29, 0.717) is 32.1 Å². The Kier molecular flexibility index (Phi) is 6.26. The minimum atomic E-state index is -4.54. The maximum atomic E-state index is 12.1. The number of imide groups is 1. The van der Waals surface area contributed by atoms with Gasteiger partial charge < -0.3 is 10.2 Å².